The number of carbonyl (C=O) groups is 2. The Morgan fingerprint density at radius 3 is 2.72 bits per heavy atom. The Kier molecular flexibility index (Phi) is 3.93. The minimum atomic E-state index is -0.163. The third kappa shape index (κ3) is 3.10. The number of rotatable bonds is 4. The van der Waals surface area contributed by atoms with Crippen molar-refractivity contribution in [2.45, 2.75) is 19.3 Å². The fraction of sp³-hybridized carbons (Fsp3) is 0.211. The van der Waals surface area contributed by atoms with Crippen LogP contribution in [0, 0.1) is 0 Å². The molecule has 1 fully saturated rings. The van der Waals surface area contributed by atoms with E-state index in [4.69, 9.17) is 4.52 Å². The van der Waals surface area contributed by atoms with Crippen molar-refractivity contribution in [3.63, 3.8) is 0 Å². The van der Waals surface area contributed by atoms with Gasteiger partial charge in [0.05, 0.1) is 6.42 Å². The summed E-state index contributed by atoms with van der Waals surface area (Å²) in [5.41, 5.74) is 2.84. The molecule has 1 N–H and O–H groups in total. The summed E-state index contributed by atoms with van der Waals surface area (Å²) in [6.07, 6.45) is 1.64. The normalized spacial score (nSPS) is 14.2. The number of hydrogen-bond acceptors (Lipinski definition) is 4. The fourth-order valence-electron chi connectivity index (χ4n) is 3.07. The van der Waals surface area contributed by atoms with Gasteiger partial charge < -0.3 is 14.7 Å². The minimum Gasteiger partial charge on any atom is -0.356 e. The van der Waals surface area contributed by atoms with E-state index in [9.17, 15) is 9.59 Å². The van der Waals surface area contributed by atoms with Crippen LogP contribution in [-0.2, 0) is 16.0 Å². The summed E-state index contributed by atoms with van der Waals surface area (Å²) < 4.78 is 5.22. The molecule has 6 heteroatoms. The van der Waals surface area contributed by atoms with E-state index >= 15 is 0 Å². The standard InChI is InChI=1S/C19H17N3O3/c23-18(12-16-15-4-1-2-5-17(15)25-21-16)20-13-7-9-14(10-8-13)22-11-3-6-19(22)24/h1-2,4-5,7-10H,3,6,11-12H2,(H,20,23). The molecule has 2 heterocycles. The van der Waals surface area contributed by atoms with Gasteiger partial charge in [0.1, 0.15) is 5.69 Å². The van der Waals surface area contributed by atoms with Crippen LogP contribution >= 0.6 is 0 Å². The van der Waals surface area contributed by atoms with E-state index in [0.717, 1.165) is 24.0 Å². The average Bonchev–Trinajstić information content (AvgIpc) is 3.22. The van der Waals surface area contributed by atoms with Gasteiger partial charge >= 0.3 is 0 Å². The number of benzene rings is 2. The van der Waals surface area contributed by atoms with E-state index in [1.165, 1.54) is 0 Å². The van der Waals surface area contributed by atoms with E-state index in [2.05, 4.69) is 10.5 Å². The number of hydrogen-bond donors (Lipinski definition) is 1. The predicted molar refractivity (Wildman–Crippen MR) is 94.4 cm³/mol. The molecule has 0 unspecified atom stereocenters. The molecule has 1 saturated heterocycles. The van der Waals surface area contributed by atoms with Crippen LogP contribution in [0.1, 0.15) is 18.5 Å². The molecule has 4 rings (SSSR count). The SMILES string of the molecule is O=C(Cc1noc2ccccc12)Nc1ccc(N2CCCC2=O)cc1. The van der Waals surface area contributed by atoms with Crippen LogP contribution in [0.2, 0.25) is 0 Å². The highest BCUT2D eigenvalue weighted by atomic mass is 16.5. The zero-order chi connectivity index (χ0) is 17.2. The first-order valence-electron chi connectivity index (χ1n) is 8.24. The van der Waals surface area contributed by atoms with Gasteiger partial charge in [-0.2, -0.15) is 0 Å². The quantitative estimate of drug-likeness (QED) is 0.795. The van der Waals surface area contributed by atoms with Gasteiger partial charge in [0.2, 0.25) is 11.8 Å². The van der Waals surface area contributed by atoms with Crippen molar-refractivity contribution in [2.75, 3.05) is 16.8 Å². The van der Waals surface area contributed by atoms with E-state index in [1.54, 1.807) is 17.0 Å². The molecule has 1 aromatic heterocycles. The van der Waals surface area contributed by atoms with Crippen molar-refractivity contribution in [2.24, 2.45) is 0 Å². The van der Waals surface area contributed by atoms with Crippen LogP contribution in [0.25, 0.3) is 11.0 Å². The lowest BCUT2D eigenvalue weighted by molar-refractivity contribution is -0.117. The van der Waals surface area contributed by atoms with Crippen molar-refractivity contribution in [1.82, 2.24) is 5.16 Å². The molecule has 2 aromatic carbocycles. The highest BCUT2D eigenvalue weighted by Crippen LogP contribution is 2.23. The Morgan fingerprint density at radius 1 is 1.16 bits per heavy atom. The molecule has 0 bridgehead atoms. The Labute approximate surface area is 144 Å². The van der Waals surface area contributed by atoms with Crippen LogP contribution in [0.5, 0.6) is 0 Å². The summed E-state index contributed by atoms with van der Waals surface area (Å²) in [4.78, 5) is 25.8. The number of nitrogens with zero attached hydrogens (tertiary/aromatic N) is 2. The highest BCUT2D eigenvalue weighted by Gasteiger charge is 2.21. The molecule has 0 spiro atoms. The second kappa shape index (κ2) is 6.39. The summed E-state index contributed by atoms with van der Waals surface area (Å²) in [6.45, 7) is 0.754. The third-order valence-corrected chi connectivity index (χ3v) is 4.32. The molecule has 126 valence electrons. The molecule has 1 aliphatic rings. The maximum atomic E-state index is 12.3. The number of amides is 2. The summed E-state index contributed by atoms with van der Waals surface area (Å²) >= 11 is 0. The van der Waals surface area contributed by atoms with Crippen LogP contribution in [-0.4, -0.2) is 23.5 Å². The molecule has 0 atom stereocenters. The largest absolute Gasteiger partial charge is 0.356 e. The van der Waals surface area contributed by atoms with Crippen molar-refractivity contribution in [3.05, 3.63) is 54.2 Å². The summed E-state index contributed by atoms with van der Waals surface area (Å²) in [5, 5.41) is 7.67. The smallest absolute Gasteiger partial charge is 0.230 e. The molecule has 0 aliphatic carbocycles. The topological polar surface area (TPSA) is 75.4 Å². The fourth-order valence-corrected chi connectivity index (χ4v) is 3.07. The molecule has 1 aliphatic heterocycles. The lowest BCUT2D eigenvalue weighted by atomic mass is 10.1. The number of aromatic nitrogens is 1. The molecule has 6 nitrogen and oxygen atoms in total. The van der Waals surface area contributed by atoms with Crippen molar-refractivity contribution in [3.8, 4) is 0 Å². The van der Waals surface area contributed by atoms with Gasteiger partial charge in [0.15, 0.2) is 5.58 Å². The number of fused-ring (bicyclic) bond motifs is 1. The number of carbonyl (C=O) groups excluding carboxylic acids is 2. The van der Waals surface area contributed by atoms with E-state index < -0.39 is 0 Å². The zero-order valence-corrected chi connectivity index (χ0v) is 13.6. The van der Waals surface area contributed by atoms with Gasteiger partial charge in [-0.25, -0.2) is 0 Å². The maximum absolute atomic E-state index is 12.3. The van der Waals surface area contributed by atoms with Gasteiger partial charge in [0, 0.05) is 29.7 Å². The first kappa shape index (κ1) is 15.4. The van der Waals surface area contributed by atoms with Crippen molar-refractivity contribution < 1.29 is 14.1 Å². The molecule has 0 saturated carbocycles. The molecular weight excluding hydrogens is 318 g/mol. The van der Waals surface area contributed by atoms with Gasteiger partial charge in [0.25, 0.3) is 0 Å². The van der Waals surface area contributed by atoms with Crippen LogP contribution in [0.15, 0.2) is 53.1 Å². The van der Waals surface area contributed by atoms with E-state index in [1.807, 2.05) is 36.4 Å². The van der Waals surface area contributed by atoms with Crippen LogP contribution in [0.4, 0.5) is 11.4 Å². The van der Waals surface area contributed by atoms with Crippen molar-refractivity contribution in [1.29, 1.82) is 0 Å². The lowest BCUT2D eigenvalue weighted by Crippen LogP contribution is -2.23. The van der Waals surface area contributed by atoms with Gasteiger partial charge in [-0.3, -0.25) is 9.59 Å². The van der Waals surface area contributed by atoms with E-state index in [-0.39, 0.29) is 18.2 Å². The molecular formula is C19H17N3O3. The number of para-hydroxylation sites is 1. The molecule has 3 aromatic rings. The monoisotopic (exact) mass is 335 g/mol. The Hall–Kier alpha value is -3.15. The number of nitrogens with one attached hydrogen (secondary N) is 1. The average molecular weight is 335 g/mol. The van der Waals surface area contributed by atoms with Crippen molar-refractivity contribution >= 4 is 34.2 Å². The summed E-state index contributed by atoms with van der Waals surface area (Å²) in [7, 11) is 0. The second-order valence-corrected chi connectivity index (χ2v) is 6.05. The zero-order valence-electron chi connectivity index (χ0n) is 13.6. The second-order valence-electron chi connectivity index (χ2n) is 6.05. The lowest BCUT2D eigenvalue weighted by Gasteiger charge is -2.16. The first-order valence-corrected chi connectivity index (χ1v) is 8.24. The third-order valence-electron chi connectivity index (χ3n) is 4.32. The van der Waals surface area contributed by atoms with Gasteiger partial charge in [-0.05, 0) is 42.8 Å². The van der Waals surface area contributed by atoms with Gasteiger partial charge in [-0.1, -0.05) is 17.3 Å². The van der Waals surface area contributed by atoms with Gasteiger partial charge in [-0.15, -0.1) is 0 Å². The van der Waals surface area contributed by atoms with E-state index in [0.29, 0.717) is 23.4 Å². The molecule has 25 heavy (non-hydrogen) atoms. The Balaban J connectivity index is 1.43. The number of anilines is 2. The predicted octanol–water partition coefficient (Wildman–Crippen LogP) is 3.14. The Bertz CT molecular complexity index is 930. The summed E-state index contributed by atoms with van der Waals surface area (Å²) in [6, 6.07) is 14.8. The maximum Gasteiger partial charge on any atom is 0.230 e. The molecule has 2 amide bonds. The highest BCUT2D eigenvalue weighted by molar-refractivity contribution is 5.97. The summed E-state index contributed by atoms with van der Waals surface area (Å²) in [5.74, 6) is -0.0150. The van der Waals surface area contributed by atoms with Crippen LogP contribution in [0.3, 0.4) is 0 Å². The molecule has 0 radical (unpaired) electrons. The van der Waals surface area contributed by atoms with Crippen LogP contribution < -0.4 is 10.2 Å². The minimum absolute atomic E-state index is 0.142. The first-order chi connectivity index (χ1) is 12.2. The Morgan fingerprint density at radius 2 is 1.96 bits per heavy atom.